The molecule has 0 aromatic heterocycles. The van der Waals surface area contributed by atoms with Crippen molar-refractivity contribution in [3.8, 4) is 5.75 Å². The number of halogens is 6. The quantitative estimate of drug-likeness (QED) is 0.648. The summed E-state index contributed by atoms with van der Waals surface area (Å²) in [7, 11) is 0. The van der Waals surface area contributed by atoms with Gasteiger partial charge in [-0.25, -0.2) is 4.79 Å². The molecule has 2 N–H and O–H groups in total. The zero-order valence-electron chi connectivity index (χ0n) is 13.1. The van der Waals surface area contributed by atoms with E-state index in [4.69, 9.17) is 23.2 Å². The molecule has 11 heteroatoms. The molecule has 2 aromatic rings. The maximum atomic E-state index is 12.8. The molecule has 2 aromatic carbocycles. The number of rotatable bonds is 5. The summed E-state index contributed by atoms with van der Waals surface area (Å²) in [4.78, 5) is 23.8. The fraction of sp³-hybridized carbons (Fsp3) is 0.125. The average Bonchev–Trinajstić information content (AvgIpc) is 2.55. The molecule has 0 saturated heterocycles. The summed E-state index contributed by atoms with van der Waals surface area (Å²) < 4.78 is 53.6. The minimum atomic E-state index is -4.64. The van der Waals surface area contributed by atoms with Gasteiger partial charge in [0.25, 0.3) is 5.91 Å². The second-order valence-electron chi connectivity index (χ2n) is 5.06. The van der Waals surface area contributed by atoms with Crippen molar-refractivity contribution in [2.75, 3.05) is 5.32 Å². The van der Waals surface area contributed by atoms with Gasteiger partial charge in [-0.3, -0.25) is 10.1 Å². The highest BCUT2D eigenvalue weighted by Gasteiger charge is 2.43. The molecule has 2 rings (SSSR count). The van der Waals surface area contributed by atoms with Gasteiger partial charge < -0.3 is 10.1 Å². The minimum Gasteiger partial charge on any atom is -0.428 e. The number of anilines is 1. The van der Waals surface area contributed by atoms with E-state index in [2.05, 4.69) is 10.1 Å². The van der Waals surface area contributed by atoms with E-state index in [1.165, 1.54) is 18.2 Å². The van der Waals surface area contributed by atoms with Crippen molar-refractivity contribution in [1.29, 1.82) is 0 Å². The van der Waals surface area contributed by atoms with E-state index in [1.54, 1.807) is 0 Å². The van der Waals surface area contributed by atoms with Crippen LogP contribution in [-0.4, -0.2) is 24.5 Å². The van der Waals surface area contributed by atoms with Crippen LogP contribution in [0.25, 0.3) is 0 Å². The maximum absolute atomic E-state index is 12.8. The van der Waals surface area contributed by atoms with Gasteiger partial charge in [-0.15, -0.1) is 0 Å². The van der Waals surface area contributed by atoms with Crippen LogP contribution in [0.15, 0.2) is 42.5 Å². The number of carbonyl (C=O) groups excluding carboxylic acids is 2. The minimum absolute atomic E-state index is 0.0422. The Labute approximate surface area is 160 Å². The zero-order valence-corrected chi connectivity index (χ0v) is 14.6. The van der Waals surface area contributed by atoms with Crippen molar-refractivity contribution in [1.82, 2.24) is 5.32 Å². The van der Waals surface area contributed by atoms with E-state index in [-0.39, 0.29) is 21.3 Å². The topological polar surface area (TPSA) is 67.4 Å². The van der Waals surface area contributed by atoms with Crippen LogP contribution in [0, 0.1) is 0 Å². The standard InChI is InChI=1S/C16H10Cl2F4N2O3/c17-9-5-8(6-10(18)7-9)13(25)24-15(26)23-11-1-3-12(4-2-11)27-16(21,22)14(19)20/h1-7,14H,(H2,23,24,25,26). The molecule has 27 heavy (non-hydrogen) atoms. The summed E-state index contributed by atoms with van der Waals surface area (Å²) in [6.45, 7) is 0. The molecule has 0 aliphatic carbocycles. The molecule has 0 spiro atoms. The Morgan fingerprint density at radius 2 is 1.56 bits per heavy atom. The van der Waals surface area contributed by atoms with Crippen LogP contribution in [0.3, 0.4) is 0 Å². The Morgan fingerprint density at radius 1 is 1.00 bits per heavy atom. The summed E-state index contributed by atoms with van der Waals surface area (Å²) in [5.41, 5.74) is 0.137. The second kappa shape index (κ2) is 8.45. The molecule has 0 radical (unpaired) electrons. The normalized spacial score (nSPS) is 11.2. The molecule has 0 aliphatic rings. The molecule has 5 nitrogen and oxygen atoms in total. The summed E-state index contributed by atoms with van der Waals surface area (Å²) in [5, 5.41) is 4.66. The van der Waals surface area contributed by atoms with Crippen molar-refractivity contribution in [3.63, 3.8) is 0 Å². The van der Waals surface area contributed by atoms with E-state index in [0.717, 1.165) is 24.3 Å². The molecule has 0 unspecified atom stereocenters. The van der Waals surface area contributed by atoms with E-state index >= 15 is 0 Å². The van der Waals surface area contributed by atoms with Crippen LogP contribution < -0.4 is 15.4 Å². The summed E-state index contributed by atoms with van der Waals surface area (Å²) in [6, 6.07) is 7.21. The SMILES string of the molecule is O=C(NC(=O)c1cc(Cl)cc(Cl)c1)Nc1ccc(OC(F)(F)C(F)F)cc1. The number of benzene rings is 2. The molecule has 0 atom stereocenters. The van der Waals surface area contributed by atoms with Gasteiger partial charge in [0.1, 0.15) is 5.75 Å². The molecule has 0 bridgehead atoms. The van der Waals surface area contributed by atoms with E-state index < -0.39 is 30.2 Å². The molecule has 0 heterocycles. The smallest absolute Gasteiger partial charge is 0.428 e. The number of urea groups is 1. The Morgan fingerprint density at radius 3 is 2.07 bits per heavy atom. The van der Waals surface area contributed by atoms with Crippen LogP contribution >= 0.6 is 23.2 Å². The third kappa shape index (κ3) is 6.00. The van der Waals surface area contributed by atoms with Gasteiger partial charge in [0, 0.05) is 21.3 Å². The van der Waals surface area contributed by atoms with Gasteiger partial charge in [0.15, 0.2) is 0 Å². The first-order valence-electron chi connectivity index (χ1n) is 7.10. The van der Waals surface area contributed by atoms with Gasteiger partial charge in [-0.05, 0) is 42.5 Å². The molecule has 144 valence electrons. The Bertz CT molecular complexity index is 828. The first-order chi connectivity index (χ1) is 12.6. The summed E-state index contributed by atoms with van der Waals surface area (Å²) >= 11 is 11.5. The molecule has 0 aliphatic heterocycles. The number of amides is 3. The molecule has 0 saturated carbocycles. The molecular formula is C16H10Cl2F4N2O3. The number of hydrogen-bond acceptors (Lipinski definition) is 3. The third-order valence-electron chi connectivity index (χ3n) is 2.97. The van der Waals surface area contributed by atoms with Crippen molar-refractivity contribution in [2.45, 2.75) is 12.5 Å². The summed E-state index contributed by atoms with van der Waals surface area (Å²) in [5.74, 6) is -1.32. The number of carbonyl (C=O) groups is 2. The lowest BCUT2D eigenvalue weighted by molar-refractivity contribution is -0.253. The lowest BCUT2D eigenvalue weighted by Gasteiger charge is -2.16. The first-order valence-corrected chi connectivity index (χ1v) is 7.86. The van der Waals surface area contributed by atoms with Crippen molar-refractivity contribution in [3.05, 3.63) is 58.1 Å². The Kier molecular flexibility index (Phi) is 6.50. The third-order valence-corrected chi connectivity index (χ3v) is 3.41. The van der Waals surface area contributed by atoms with Crippen LogP contribution in [-0.2, 0) is 0 Å². The Balaban J connectivity index is 1.96. The largest absolute Gasteiger partial charge is 0.461 e. The van der Waals surface area contributed by atoms with Crippen molar-refractivity contribution in [2.24, 2.45) is 0 Å². The van der Waals surface area contributed by atoms with Gasteiger partial charge in [0.05, 0.1) is 0 Å². The van der Waals surface area contributed by atoms with E-state index in [0.29, 0.717) is 0 Å². The number of imide groups is 1. The molecule has 3 amide bonds. The lowest BCUT2D eigenvalue weighted by atomic mass is 10.2. The predicted octanol–water partition coefficient (Wildman–Crippen LogP) is 5.19. The van der Waals surface area contributed by atoms with Gasteiger partial charge in [0.2, 0.25) is 0 Å². The van der Waals surface area contributed by atoms with Crippen LogP contribution in [0.2, 0.25) is 10.0 Å². The monoisotopic (exact) mass is 424 g/mol. The number of ether oxygens (including phenoxy) is 1. The second-order valence-corrected chi connectivity index (χ2v) is 5.93. The highest BCUT2D eigenvalue weighted by Crippen LogP contribution is 2.28. The van der Waals surface area contributed by atoms with Crippen LogP contribution in [0.1, 0.15) is 10.4 Å². The fourth-order valence-electron chi connectivity index (χ4n) is 1.83. The number of alkyl halides is 4. The van der Waals surface area contributed by atoms with Gasteiger partial charge >= 0.3 is 18.6 Å². The van der Waals surface area contributed by atoms with Crippen molar-refractivity contribution < 1.29 is 31.9 Å². The average molecular weight is 425 g/mol. The first kappa shape index (κ1) is 20.8. The number of nitrogens with one attached hydrogen (secondary N) is 2. The van der Waals surface area contributed by atoms with E-state index in [9.17, 15) is 27.2 Å². The van der Waals surface area contributed by atoms with Gasteiger partial charge in [-0.2, -0.15) is 17.6 Å². The van der Waals surface area contributed by atoms with Crippen LogP contribution in [0.5, 0.6) is 5.75 Å². The fourth-order valence-corrected chi connectivity index (χ4v) is 2.36. The van der Waals surface area contributed by atoms with Crippen LogP contribution in [0.4, 0.5) is 28.0 Å². The van der Waals surface area contributed by atoms with Gasteiger partial charge in [-0.1, -0.05) is 23.2 Å². The molecular weight excluding hydrogens is 415 g/mol. The number of hydrogen-bond donors (Lipinski definition) is 2. The molecule has 0 fully saturated rings. The van der Waals surface area contributed by atoms with E-state index in [1.807, 2.05) is 5.32 Å². The maximum Gasteiger partial charge on any atom is 0.461 e. The predicted molar refractivity (Wildman–Crippen MR) is 91.0 cm³/mol. The van der Waals surface area contributed by atoms with Crippen molar-refractivity contribution >= 4 is 40.8 Å². The Hall–Kier alpha value is -2.52. The lowest BCUT2D eigenvalue weighted by Crippen LogP contribution is -2.34. The highest BCUT2D eigenvalue weighted by molar-refractivity contribution is 6.35. The zero-order chi connectivity index (χ0) is 20.2. The summed E-state index contributed by atoms with van der Waals surface area (Å²) in [6.07, 6.45) is -8.64. The highest BCUT2D eigenvalue weighted by atomic mass is 35.5.